The van der Waals surface area contributed by atoms with Crippen molar-refractivity contribution in [3.8, 4) is 0 Å². The fourth-order valence-corrected chi connectivity index (χ4v) is 2.21. The van der Waals surface area contributed by atoms with E-state index >= 15 is 0 Å². The van der Waals surface area contributed by atoms with Gasteiger partial charge in [0, 0.05) is 18.5 Å². The average Bonchev–Trinajstić information content (AvgIpc) is 3.03. The van der Waals surface area contributed by atoms with Gasteiger partial charge in [-0.15, -0.1) is 0 Å². The molecule has 0 aromatic carbocycles. The van der Waals surface area contributed by atoms with Crippen LogP contribution in [0.1, 0.15) is 51.4 Å². The third-order valence-corrected chi connectivity index (χ3v) is 3.31. The first kappa shape index (κ1) is 10.9. The van der Waals surface area contributed by atoms with Gasteiger partial charge in [-0.05, 0) is 45.1 Å². The Hall–Kier alpha value is -0.570. The summed E-state index contributed by atoms with van der Waals surface area (Å²) in [5, 5.41) is 6.55. The van der Waals surface area contributed by atoms with Gasteiger partial charge in [0.15, 0.2) is 0 Å². The predicted octanol–water partition coefficient (Wildman–Crippen LogP) is 1.58. The van der Waals surface area contributed by atoms with Gasteiger partial charge in [-0.25, -0.2) is 0 Å². The number of carbonyl (C=O) groups excluding carboxylic acids is 1. The Balaban J connectivity index is 1.51. The van der Waals surface area contributed by atoms with Crippen LogP contribution in [0.25, 0.3) is 0 Å². The quantitative estimate of drug-likeness (QED) is 0.723. The minimum atomic E-state index is 0.258. The van der Waals surface area contributed by atoms with E-state index in [0.29, 0.717) is 18.5 Å². The second-order valence-corrected chi connectivity index (χ2v) is 4.88. The molecular weight excluding hydrogens is 188 g/mol. The molecular formula is C12H22N2O. The summed E-state index contributed by atoms with van der Waals surface area (Å²) >= 11 is 0. The molecule has 1 atom stereocenters. The normalized spacial score (nSPS) is 26.3. The largest absolute Gasteiger partial charge is 0.353 e. The highest BCUT2D eigenvalue weighted by Gasteiger charge is 2.23. The third kappa shape index (κ3) is 4.20. The van der Waals surface area contributed by atoms with Crippen LogP contribution in [0.5, 0.6) is 0 Å². The molecule has 2 fully saturated rings. The molecule has 1 aliphatic carbocycles. The minimum absolute atomic E-state index is 0.258. The van der Waals surface area contributed by atoms with E-state index in [1.807, 2.05) is 0 Å². The van der Waals surface area contributed by atoms with Gasteiger partial charge in [-0.2, -0.15) is 0 Å². The zero-order chi connectivity index (χ0) is 10.5. The molecule has 0 aromatic heterocycles. The van der Waals surface area contributed by atoms with Crippen molar-refractivity contribution in [2.75, 3.05) is 6.54 Å². The number of carbonyl (C=O) groups is 1. The van der Waals surface area contributed by atoms with E-state index in [0.717, 1.165) is 12.8 Å². The number of hydrogen-bond acceptors (Lipinski definition) is 2. The Labute approximate surface area is 92.0 Å². The smallest absolute Gasteiger partial charge is 0.220 e. The Bertz CT molecular complexity index is 208. The van der Waals surface area contributed by atoms with E-state index in [-0.39, 0.29) is 5.91 Å². The lowest BCUT2D eigenvalue weighted by atomic mass is 10.00. The summed E-state index contributed by atoms with van der Waals surface area (Å²) in [5.41, 5.74) is 0. The Morgan fingerprint density at radius 2 is 2.13 bits per heavy atom. The first-order valence-corrected chi connectivity index (χ1v) is 6.37. The molecule has 1 aliphatic heterocycles. The van der Waals surface area contributed by atoms with Gasteiger partial charge in [0.2, 0.25) is 5.91 Å². The average molecular weight is 210 g/mol. The van der Waals surface area contributed by atoms with Crippen molar-refractivity contribution in [1.82, 2.24) is 10.6 Å². The molecule has 3 nitrogen and oxygen atoms in total. The molecule has 0 bridgehead atoms. The van der Waals surface area contributed by atoms with Crippen LogP contribution >= 0.6 is 0 Å². The first-order valence-electron chi connectivity index (χ1n) is 6.37. The summed E-state index contributed by atoms with van der Waals surface area (Å²) in [7, 11) is 0. The highest BCUT2D eigenvalue weighted by atomic mass is 16.1. The topological polar surface area (TPSA) is 41.1 Å². The van der Waals surface area contributed by atoms with Crippen LogP contribution in [-0.2, 0) is 4.79 Å². The number of nitrogens with one attached hydrogen (secondary N) is 2. The standard InChI is InChI=1S/C12H22N2O/c15-12(14-11-7-8-11)6-3-5-10-4-1-2-9-13-10/h10-11,13H,1-9H2,(H,14,15). The molecule has 0 radical (unpaired) electrons. The van der Waals surface area contributed by atoms with Gasteiger partial charge >= 0.3 is 0 Å². The summed E-state index contributed by atoms with van der Waals surface area (Å²) < 4.78 is 0. The van der Waals surface area contributed by atoms with Crippen LogP contribution in [0, 0.1) is 0 Å². The van der Waals surface area contributed by atoms with Crippen molar-refractivity contribution < 1.29 is 4.79 Å². The number of rotatable bonds is 5. The Kier molecular flexibility index (Phi) is 4.01. The van der Waals surface area contributed by atoms with E-state index in [1.165, 1.54) is 38.6 Å². The van der Waals surface area contributed by atoms with Crippen LogP contribution in [0.4, 0.5) is 0 Å². The molecule has 15 heavy (non-hydrogen) atoms. The fourth-order valence-electron chi connectivity index (χ4n) is 2.21. The van der Waals surface area contributed by atoms with Crippen molar-refractivity contribution in [1.29, 1.82) is 0 Å². The van der Waals surface area contributed by atoms with Gasteiger partial charge in [0.1, 0.15) is 0 Å². The summed E-state index contributed by atoms with van der Waals surface area (Å²) in [6, 6.07) is 1.19. The maximum Gasteiger partial charge on any atom is 0.220 e. The Morgan fingerprint density at radius 1 is 1.27 bits per heavy atom. The van der Waals surface area contributed by atoms with Gasteiger partial charge < -0.3 is 10.6 Å². The molecule has 3 heteroatoms. The zero-order valence-electron chi connectivity index (χ0n) is 9.43. The molecule has 2 N–H and O–H groups in total. The first-order chi connectivity index (χ1) is 7.34. The molecule has 1 saturated heterocycles. The van der Waals surface area contributed by atoms with E-state index < -0.39 is 0 Å². The highest BCUT2D eigenvalue weighted by molar-refractivity contribution is 5.76. The van der Waals surface area contributed by atoms with Crippen LogP contribution in [-0.4, -0.2) is 24.5 Å². The maximum atomic E-state index is 11.4. The molecule has 1 amide bonds. The van der Waals surface area contributed by atoms with Gasteiger partial charge in [-0.3, -0.25) is 4.79 Å². The Morgan fingerprint density at radius 3 is 2.80 bits per heavy atom. The molecule has 1 saturated carbocycles. The molecule has 1 unspecified atom stereocenters. The monoisotopic (exact) mass is 210 g/mol. The summed E-state index contributed by atoms with van der Waals surface area (Å²) in [6.45, 7) is 1.17. The van der Waals surface area contributed by atoms with Gasteiger partial charge in [0.05, 0.1) is 0 Å². The van der Waals surface area contributed by atoms with E-state index in [2.05, 4.69) is 10.6 Å². The number of piperidine rings is 1. The number of amides is 1. The summed E-state index contributed by atoms with van der Waals surface area (Å²) in [4.78, 5) is 11.4. The molecule has 0 spiro atoms. The summed E-state index contributed by atoms with van der Waals surface area (Å²) in [6.07, 6.45) is 9.27. The van der Waals surface area contributed by atoms with Gasteiger partial charge in [0.25, 0.3) is 0 Å². The third-order valence-electron chi connectivity index (χ3n) is 3.31. The number of hydrogen-bond donors (Lipinski definition) is 2. The fraction of sp³-hybridized carbons (Fsp3) is 0.917. The van der Waals surface area contributed by atoms with Crippen LogP contribution in [0.3, 0.4) is 0 Å². The molecule has 2 rings (SSSR count). The minimum Gasteiger partial charge on any atom is -0.353 e. The lowest BCUT2D eigenvalue weighted by Crippen LogP contribution is -2.34. The second kappa shape index (κ2) is 5.50. The van der Waals surface area contributed by atoms with Crippen LogP contribution in [0.15, 0.2) is 0 Å². The van der Waals surface area contributed by atoms with Crippen molar-refractivity contribution >= 4 is 5.91 Å². The molecule has 2 aliphatic rings. The van der Waals surface area contributed by atoms with Crippen molar-refractivity contribution in [2.45, 2.75) is 63.5 Å². The highest BCUT2D eigenvalue weighted by Crippen LogP contribution is 2.19. The van der Waals surface area contributed by atoms with Crippen molar-refractivity contribution in [2.24, 2.45) is 0 Å². The molecule has 0 aromatic rings. The van der Waals surface area contributed by atoms with E-state index in [4.69, 9.17) is 0 Å². The summed E-state index contributed by atoms with van der Waals surface area (Å²) in [5.74, 6) is 0.258. The molecule has 86 valence electrons. The maximum absolute atomic E-state index is 11.4. The second-order valence-electron chi connectivity index (χ2n) is 4.88. The lowest BCUT2D eigenvalue weighted by Gasteiger charge is -2.23. The van der Waals surface area contributed by atoms with E-state index in [1.54, 1.807) is 0 Å². The zero-order valence-corrected chi connectivity index (χ0v) is 9.43. The van der Waals surface area contributed by atoms with E-state index in [9.17, 15) is 4.79 Å². The predicted molar refractivity (Wildman–Crippen MR) is 60.7 cm³/mol. The molecule has 1 heterocycles. The van der Waals surface area contributed by atoms with Crippen LogP contribution in [0.2, 0.25) is 0 Å². The SMILES string of the molecule is O=C(CCCC1CCCCN1)NC1CC1. The van der Waals surface area contributed by atoms with Crippen molar-refractivity contribution in [3.63, 3.8) is 0 Å². The van der Waals surface area contributed by atoms with Gasteiger partial charge in [-0.1, -0.05) is 6.42 Å². The van der Waals surface area contributed by atoms with Crippen LogP contribution < -0.4 is 10.6 Å². The lowest BCUT2D eigenvalue weighted by molar-refractivity contribution is -0.121. The van der Waals surface area contributed by atoms with Crippen molar-refractivity contribution in [3.05, 3.63) is 0 Å².